The molecule has 0 radical (unpaired) electrons. The molecule has 2 unspecified atom stereocenters. The van der Waals surface area contributed by atoms with E-state index in [0.717, 1.165) is 10.1 Å². The smallest absolute Gasteiger partial charge is 0.0310 e. The Kier molecular flexibility index (Phi) is 4.69. The van der Waals surface area contributed by atoms with Gasteiger partial charge in [-0.2, -0.15) is 0 Å². The van der Waals surface area contributed by atoms with Crippen molar-refractivity contribution in [3.8, 4) is 0 Å². The molecule has 0 saturated carbocycles. The lowest BCUT2D eigenvalue weighted by atomic mass is 9.61. The quantitative estimate of drug-likeness (QED) is 0.390. The van der Waals surface area contributed by atoms with Gasteiger partial charge in [-0.25, -0.2) is 0 Å². The summed E-state index contributed by atoms with van der Waals surface area (Å²) < 4.78 is 0. The van der Waals surface area contributed by atoms with E-state index in [1.807, 2.05) is 0 Å². The fraction of sp³-hybridized carbons (Fsp3) is 0.214. The van der Waals surface area contributed by atoms with Gasteiger partial charge in [-0.15, -0.1) is 0 Å². The fourth-order valence-corrected chi connectivity index (χ4v) is 6.51. The van der Waals surface area contributed by atoms with Crippen molar-refractivity contribution in [3.63, 3.8) is 0 Å². The van der Waals surface area contributed by atoms with E-state index in [0.29, 0.717) is 0 Å². The molecule has 2 heteroatoms. The Morgan fingerprint density at radius 3 is 1.47 bits per heavy atom. The first-order valence-electron chi connectivity index (χ1n) is 10.4. The summed E-state index contributed by atoms with van der Waals surface area (Å²) in [7, 11) is 0. The molecule has 0 aromatic heterocycles. The Morgan fingerprint density at radius 1 is 0.600 bits per heavy atom. The first kappa shape index (κ1) is 19.7. The van der Waals surface area contributed by atoms with E-state index in [1.54, 1.807) is 0 Å². The van der Waals surface area contributed by atoms with Crippen LogP contribution in [0.15, 0.2) is 88.9 Å². The van der Waals surface area contributed by atoms with Crippen molar-refractivity contribution >= 4 is 34.3 Å². The van der Waals surface area contributed by atoms with Crippen molar-refractivity contribution in [2.45, 2.75) is 38.0 Å². The van der Waals surface area contributed by atoms with Crippen LogP contribution in [-0.4, -0.2) is 0 Å². The van der Waals surface area contributed by atoms with Crippen LogP contribution < -0.4 is 0 Å². The molecular weight excluding hydrogens is 407 g/mol. The molecule has 30 heavy (non-hydrogen) atoms. The number of hydrogen-bond donors (Lipinski definition) is 0. The zero-order valence-electron chi connectivity index (χ0n) is 17.4. The summed E-state index contributed by atoms with van der Waals surface area (Å²) >= 11 is 14.3. The normalized spacial score (nSPS) is 22.2. The Morgan fingerprint density at radius 2 is 1.00 bits per heavy atom. The van der Waals surface area contributed by atoms with E-state index >= 15 is 0 Å². The van der Waals surface area contributed by atoms with Gasteiger partial charge in [0.15, 0.2) is 0 Å². The molecule has 150 valence electrons. The number of allylic oxidation sites excluding steroid dienone is 4. The minimum Gasteiger partial charge on any atom is -0.0881 e. The molecule has 2 aliphatic rings. The average Bonchev–Trinajstić information content (AvgIpc) is 3.19. The van der Waals surface area contributed by atoms with Crippen molar-refractivity contribution in [3.05, 3.63) is 117 Å². The van der Waals surface area contributed by atoms with E-state index in [-0.39, 0.29) is 17.3 Å². The molecule has 0 saturated heterocycles. The zero-order chi connectivity index (χ0) is 21.0. The second-order valence-electron chi connectivity index (χ2n) is 8.64. The van der Waals surface area contributed by atoms with E-state index in [4.69, 9.17) is 23.2 Å². The van der Waals surface area contributed by atoms with E-state index in [1.165, 1.54) is 39.0 Å². The van der Waals surface area contributed by atoms with Crippen LogP contribution in [0.2, 0.25) is 0 Å². The minimum absolute atomic E-state index is 0.0375. The van der Waals surface area contributed by atoms with Gasteiger partial charge in [0.05, 0.1) is 0 Å². The molecule has 3 aromatic carbocycles. The first-order chi connectivity index (χ1) is 14.5. The number of hydrogen-bond acceptors (Lipinski definition) is 0. The van der Waals surface area contributed by atoms with Gasteiger partial charge in [0.25, 0.3) is 0 Å². The molecule has 0 heterocycles. The molecule has 2 aliphatic carbocycles. The van der Waals surface area contributed by atoms with Gasteiger partial charge in [0.2, 0.25) is 0 Å². The lowest BCUT2D eigenvalue weighted by molar-refractivity contribution is 0.379. The predicted molar refractivity (Wildman–Crippen MR) is 129 cm³/mol. The maximum Gasteiger partial charge on any atom is 0.0310 e. The van der Waals surface area contributed by atoms with E-state index < -0.39 is 0 Å². The molecule has 2 atom stereocenters. The summed E-state index contributed by atoms with van der Waals surface area (Å²) in [4.78, 5) is 0. The van der Waals surface area contributed by atoms with E-state index in [9.17, 15) is 0 Å². The van der Waals surface area contributed by atoms with Gasteiger partial charge in [0, 0.05) is 27.3 Å². The Labute approximate surface area is 188 Å². The third-order valence-corrected chi connectivity index (χ3v) is 8.17. The molecule has 0 fully saturated rings. The highest BCUT2D eigenvalue weighted by Gasteiger charge is 2.52. The fourth-order valence-electron chi connectivity index (χ4n) is 5.61. The van der Waals surface area contributed by atoms with Crippen LogP contribution in [-0.2, 0) is 5.41 Å². The van der Waals surface area contributed by atoms with Gasteiger partial charge >= 0.3 is 0 Å². The molecule has 0 aliphatic heterocycles. The Hall–Kier alpha value is -2.28. The summed E-state index contributed by atoms with van der Waals surface area (Å²) in [6.07, 6.45) is 0. The second kappa shape index (κ2) is 7.15. The highest BCUT2D eigenvalue weighted by atomic mass is 35.5. The Bertz CT molecular complexity index is 1130. The van der Waals surface area contributed by atoms with Crippen molar-refractivity contribution in [1.82, 2.24) is 0 Å². The molecule has 0 amide bonds. The number of fused-ring (bicyclic) bond motifs is 2. The first-order valence-corrected chi connectivity index (χ1v) is 11.2. The van der Waals surface area contributed by atoms with Crippen molar-refractivity contribution < 1.29 is 0 Å². The van der Waals surface area contributed by atoms with Crippen LogP contribution in [0.3, 0.4) is 0 Å². The van der Waals surface area contributed by atoms with Crippen molar-refractivity contribution in [2.24, 2.45) is 0 Å². The van der Waals surface area contributed by atoms with Crippen LogP contribution in [0.25, 0.3) is 11.1 Å². The van der Waals surface area contributed by atoms with E-state index in [2.05, 4.69) is 99.6 Å². The molecule has 0 N–H and O–H groups in total. The van der Waals surface area contributed by atoms with Crippen molar-refractivity contribution in [1.29, 1.82) is 0 Å². The van der Waals surface area contributed by atoms with Crippen LogP contribution in [0.1, 0.15) is 60.4 Å². The molecule has 3 aromatic rings. The van der Waals surface area contributed by atoms with Gasteiger partial charge in [0.1, 0.15) is 0 Å². The largest absolute Gasteiger partial charge is 0.0881 e. The van der Waals surface area contributed by atoms with Crippen molar-refractivity contribution in [2.75, 3.05) is 0 Å². The second-order valence-corrected chi connectivity index (χ2v) is 9.45. The predicted octanol–water partition coefficient (Wildman–Crippen LogP) is 8.48. The van der Waals surface area contributed by atoms with Crippen LogP contribution in [0, 0.1) is 0 Å². The van der Waals surface area contributed by atoms with Gasteiger partial charge in [-0.05, 0) is 52.8 Å². The highest BCUT2D eigenvalue weighted by molar-refractivity contribution is 6.35. The lowest BCUT2D eigenvalue weighted by Gasteiger charge is -2.43. The third kappa shape index (κ3) is 2.60. The lowest BCUT2D eigenvalue weighted by Crippen LogP contribution is -2.36. The number of halogens is 2. The summed E-state index contributed by atoms with van der Waals surface area (Å²) in [6.45, 7) is 6.61. The van der Waals surface area contributed by atoms with Crippen LogP contribution >= 0.6 is 23.2 Å². The van der Waals surface area contributed by atoms with Gasteiger partial charge in [-0.1, -0.05) is 109 Å². The summed E-state index contributed by atoms with van der Waals surface area (Å²) in [5, 5.41) is 1.85. The monoisotopic (exact) mass is 430 g/mol. The minimum atomic E-state index is -0.336. The van der Waals surface area contributed by atoms with Gasteiger partial charge < -0.3 is 0 Å². The highest BCUT2D eigenvalue weighted by Crippen LogP contribution is 2.63. The van der Waals surface area contributed by atoms with Crippen LogP contribution in [0.5, 0.6) is 0 Å². The SMILES string of the molecule is CC1=C(Cl)C(C(C)(c2ccccc2)C2C(Cl)=C(C)c3ccccc32)c2ccccc21. The number of rotatable bonds is 3. The standard InChI is InChI=1S/C28H24Cl2/c1-17-20-13-7-9-15-22(20)24(26(17)29)28(3,19-11-5-4-6-12-19)25-23-16-10-8-14-21(23)18(2)27(25)30/h4-16,24-25H,1-3H3. The maximum absolute atomic E-state index is 7.14. The molecule has 5 rings (SSSR count). The molecule has 0 bridgehead atoms. The Balaban J connectivity index is 1.83. The molecule has 0 spiro atoms. The van der Waals surface area contributed by atoms with Crippen LogP contribution in [0.4, 0.5) is 0 Å². The third-order valence-electron chi connectivity index (χ3n) is 7.17. The number of benzene rings is 3. The molecular formula is C28H24Cl2. The molecule has 0 nitrogen and oxygen atoms in total. The topological polar surface area (TPSA) is 0 Å². The average molecular weight is 431 g/mol. The van der Waals surface area contributed by atoms with Gasteiger partial charge in [-0.3, -0.25) is 0 Å². The summed E-state index contributed by atoms with van der Waals surface area (Å²) in [5.74, 6) is 0.0749. The summed E-state index contributed by atoms with van der Waals surface area (Å²) in [6, 6.07) is 28.0. The zero-order valence-corrected chi connectivity index (χ0v) is 18.9. The maximum atomic E-state index is 7.14. The summed E-state index contributed by atoms with van der Waals surface area (Å²) in [5.41, 5.74) is 8.33.